The van der Waals surface area contributed by atoms with E-state index in [0.717, 1.165) is 18.2 Å². The second-order valence-electron chi connectivity index (χ2n) is 3.73. The van der Waals surface area contributed by atoms with Crippen LogP contribution < -0.4 is 4.72 Å². The zero-order chi connectivity index (χ0) is 14.0. The predicted octanol–water partition coefficient (Wildman–Crippen LogP) is 1.36. The third-order valence-corrected chi connectivity index (χ3v) is 3.69. The van der Waals surface area contributed by atoms with Crippen molar-refractivity contribution in [3.05, 3.63) is 29.8 Å². The largest absolute Gasteiger partial charge is 0.416 e. The molecule has 2 N–H and O–H groups in total. The molecule has 0 aliphatic carbocycles. The highest BCUT2D eigenvalue weighted by molar-refractivity contribution is 7.89. The lowest BCUT2D eigenvalue weighted by Crippen LogP contribution is -2.35. The topological polar surface area (TPSA) is 66.4 Å². The highest BCUT2D eigenvalue weighted by Gasteiger charge is 2.31. The summed E-state index contributed by atoms with van der Waals surface area (Å²) in [5, 5.41) is 8.72. The van der Waals surface area contributed by atoms with Gasteiger partial charge in [0.25, 0.3) is 0 Å². The highest BCUT2D eigenvalue weighted by Crippen LogP contribution is 2.30. The van der Waals surface area contributed by atoms with Crippen LogP contribution in [0.2, 0.25) is 0 Å². The van der Waals surface area contributed by atoms with Gasteiger partial charge in [0.15, 0.2) is 0 Å². The SMILES string of the molecule is C[C@H](CO)NS(=O)(=O)c1cccc(C(F)(F)F)c1. The molecule has 1 atom stereocenters. The van der Waals surface area contributed by atoms with Crippen LogP contribution in [0, 0.1) is 0 Å². The molecule has 0 heterocycles. The average molecular weight is 283 g/mol. The monoisotopic (exact) mass is 283 g/mol. The molecule has 4 nitrogen and oxygen atoms in total. The smallest absolute Gasteiger partial charge is 0.395 e. The summed E-state index contributed by atoms with van der Waals surface area (Å²) in [5.41, 5.74) is -1.04. The van der Waals surface area contributed by atoms with E-state index in [9.17, 15) is 21.6 Å². The van der Waals surface area contributed by atoms with Crippen LogP contribution in [0.1, 0.15) is 12.5 Å². The van der Waals surface area contributed by atoms with E-state index in [2.05, 4.69) is 4.72 Å². The molecule has 0 fully saturated rings. The van der Waals surface area contributed by atoms with Gasteiger partial charge < -0.3 is 5.11 Å². The molecule has 0 aromatic heterocycles. The molecule has 1 aromatic carbocycles. The Balaban J connectivity index is 3.11. The van der Waals surface area contributed by atoms with Crippen LogP contribution in [0.4, 0.5) is 13.2 Å². The van der Waals surface area contributed by atoms with Crippen LogP contribution in [0.25, 0.3) is 0 Å². The molecule has 1 aromatic rings. The lowest BCUT2D eigenvalue weighted by molar-refractivity contribution is -0.137. The molecule has 0 aliphatic rings. The number of aliphatic hydroxyl groups is 1. The maximum absolute atomic E-state index is 12.4. The minimum absolute atomic E-state index is 0.446. The fourth-order valence-corrected chi connectivity index (χ4v) is 2.49. The Morgan fingerprint density at radius 1 is 1.39 bits per heavy atom. The van der Waals surface area contributed by atoms with E-state index < -0.39 is 39.3 Å². The van der Waals surface area contributed by atoms with Crippen molar-refractivity contribution in [3.63, 3.8) is 0 Å². The van der Waals surface area contributed by atoms with Crippen LogP contribution in [0.3, 0.4) is 0 Å². The van der Waals surface area contributed by atoms with Crippen molar-refractivity contribution in [2.24, 2.45) is 0 Å². The predicted molar refractivity (Wildman–Crippen MR) is 58.3 cm³/mol. The number of aliphatic hydroxyl groups excluding tert-OH is 1. The molecule has 0 saturated carbocycles. The van der Waals surface area contributed by atoms with Gasteiger partial charge in [0.2, 0.25) is 10.0 Å². The minimum atomic E-state index is -4.60. The first kappa shape index (κ1) is 14.9. The Labute approximate surface area is 102 Å². The van der Waals surface area contributed by atoms with E-state index in [0.29, 0.717) is 6.07 Å². The van der Waals surface area contributed by atoms with Crippen LogP contribution >= 0.6 is 0 Å². The molecule has 0 spiro atoms. The van der Waals surface area contributed by atoms with Crippen molar-refractivity contribution >= 4 is 10.0 Å². The van der Waals surface area contributed by atoms with Crippen LogP contribution in [-0.2, 0) is 16.2 Å². The first-order valence-electron chi connectivity index (χ1n) is 4.97. The second kappa shape index (κ2) is 5.25. The Morgan fingerprint density at radius 3 is 2.50 bits per heavy atom. The number of benzene rings is 1. The molecule has 0 radical (unpaired) electrons. The number of rotatable bonds is 4. The normalized spacial score (nSPS) is 14.5. The quantitative estimate of drug-likeness (QED) is 0.877. The molecular weight excluding hydrogens is 271 g/mol. The molecule has 0 saturated heterocycles. The van der Waals surface area contributed by atoms with E-state index in [1.807, 2.05) is 0 Å². The molecule has 0 bridgehead atoms. The molecule has 8 heteroatoms. The number of sulfonamides is 1. The zero-order valence-electron chi connectivity index (χ0n) is 9.40. The fraction of sp³-hybridized carbons (Fsp3) is 0.400. The molecule has 18 heavy (non-hydrogen) atoms. The van der Waals surface area contributed by atoms with Gasteiger partial charge in [-0.05, 0) is 25.1 Å². The van der Waals surface area contributed by atoms with Crippen molar-refractivity contribution in [2.75, 3.05) is 6.61 Å². The molecule has 0 amide bonds. The summed E-state index contributed by atoms with van der Waals surface area (Å²) in [6.45, 7) is 0.948. The van der Waals surface area contributed by atoms with Gasteiger partial charge in [-0.1, -0.05) is 6.07 Å². The first-order chi connectivity index (χ1) is 8.16. The van der Waals surface area contributed by atoms with Gasteiger partial charge in [-0.15, -0.1) is 0 Å². The van der Waals surface area contributed by atoms with Gasteiger partial charge in [-0.3, -0.25) is 0 Å². The molecule has 102 valence electrons. The summed E-state index contributed by atoms with van der Waals surface area (Å²) in [6, 6.07) is 2.63. The number of alkyl halides is 3. The average Bonchev–Trinajstić information content (AvgIpc) is 2.27. The van der Waals surface area contributed by atoms with Crippen molar-refractivity contribution in [3.8, 4) is 0 Å². The third-order valence-electron chi connectivity index (χ3n) is 2.10. The van der Waals surface area contributed by atoms with E-state index in [1.165, 1.54) is 6.92 Å². The van der Waals surface area contributed by atoms with Crippen LogP contribution in [-0.4, -0.2) is 26.2 Å². The fourth-order valence-electron chi connectivity index (χ4n) is 1.21. The highest BCUT2D eigenvalue weighted by atomic mass is 32.2. The van der Waals surface area contributed by atoms with Gasteiger partial charge in [-0.25, -0.2) is 13.1 Å². The summed E-state index contributed by atoms with van der Waals surface area (Å²) in [5.74, 6) is 0. The summed E-state index contributed by atoms with van der Waals surface area (Å²) < 4.78 is 62.7. The van der Waals surface area contributed by atoms with Gasteiger partial charge in [0, 0.05) is 6.04 Å². The summed E-state index contributed by atoms with van der Waals surface area (Å²) >= 11 is 0. The lowest BCUT2D eigenvalue weighted by Gasteiger charge is -2.13. The molecular formula is C10H12F3NO3S. The van der Waals surface area contributed by atoms with Crippen molar-refractivity contribution in [1.29, 1.82) is 0 Å². The van der Waals surface area contributed by atoms with E-state index >= 15 is 0 Å². The molecule has 0 unspecified atom stereocenters. The zero-order valence-corrected chi connectivity index (χ0v) is 10.2. The van der Waals surface area contributed by atoms with Crippen molar-refractivity contribution in [2.45, 2.75) is 24.0 Å². The molecule has 0 aliphatic heterocycles. The summed E-state index contributed by atoms with van der Waals surface area (Å²) in [7, 11) is -4.06. The summed E-state index contributed by atoms with van der Waals surface area (Å²) in [4.78, 5) is -0.488. The van der Waals surface area contributed by atoms with Crippen molar-refractivity contribution in [1.82, 2.24) is 4.72 Å². The van der Waals surface area contributed by atoms with E-state index in [4.69, 9.17) is 5.11 Å². The van der Waals surface area contributed by atoms with Crippen LogP contribution in [0.15, 0.2) is 29.2 Å². The summed E-state index contributed by atoms with van der Waals surface area (Å²) in [6.07, 6.45) is -4.60. The van der Waals surface area contributed by atoms with Crippen molar-refractivity contribution < 1.29 is 26.7 Å². The number of halogens is 3. The lowest BCUT2D eigenvalue weighted by atomic mass is 10.2. The van der Waals surface area contributed by atoms with Gasteiger partial charge >= 0.3 is 6.18 Å². The van der Waals surface area contributed by atoms with Gasteiger partial charge in [-0.2, -0.15) is 13.2 Å². The Kier molecular flexibility index (Phi) is 4.36. The number of hydrogen-bond acceptors (Lipinski definition) is 3. The standard InChI is InChI=1S/C10H12F3NO3S/c1-7(6-15)14-18(16,17)9-4-2-3-8(5-9)10(11,12)13/h2-5,7,14-15H,6H2,1H3/t7-/m1/s1. The molecule has 1 rings (SSSR count). The Bertz CT molecular complexity index is 513. The number of nitrogens with one attached hydrogen (secondary N) is 1. The van der Waals surface area contributed by atoms with Gasteiger partial charge in [0.05, 0.1) is 17.1 Å². The third kappa shape index (κ3) is 3.69. The van der Waals surface area contributed by atoms with Crippen LogP contribution in [0.5, 0.6) is 0 Å². The second-order valence-corrected chi connectivity index (χ2v) is 5.44. The number of hydrogen-bond donors (Lipinski definition) is 2. The Morgan fingerprint density at radius 2 is 2.00 bits per heavy atom. The maximum Gasteiger partial charge on any atom is 0.416 e. The van der Waals surface area contributed by atoms with Gasteiger partial charge in [0.1, 0.15) is 0 Å². The maximum atomic E-state index is 12.4. The van der Waals surface area contributed by atoms with E-state index in [-0.39, 0.29) is 0 Å². The Hall–Kier alpha value is -1.12. The van der Waals surface area contributed by atoms with E-state index in [1.54, 1.807) is 0 Å². The first-order valence-corrected chi connectivity index (χ1v) is 6.45. The minimum Gasteiger partial charge on any atom is -0.395 e.